The van der Waals surface area contributed by atoms with E-state index in [0.29, 0.717) is 22.5 Å². The molecule has 3 rings (SSSR count). The monoisotopic (exact) mass is 419 g/mol. The molecule has 1 heterocycles. The maximum atomic E-state index is 12.3. The molecule has 1 aromatic heterocycles. The normalized spacial score (nSPS) is 10.0. The second-order valence-corrected chi connectivity index (χ2v) is 6.64. The lowest BCUT2D eigenvalue weighted by Gasteiger charge is -2.15. The van der Waals surface area contributed by atoms with Crippen LogP contribution in [0.4, 0.5) is 11.4 Å². The lowest BCUT2D eigenvalue weighted by atomic mass is 10.1. The number of rotatable bonds is 7. The first kappa shape index (κ1) is 20.8. The molecule has 0 aliphatic rings. The van der Waals surface area contributed by atoms with Crippen LogP contribution in [0.25, 0.3) is 0 Å². The molecular weight excluding hydrogens is 402 g/mol. The lowest BCUT2D eigenvalue weighted by Crippen LogP contribution is -2.25. The van der Waals surface area contributed by atoms with Crippen molar-refractivity contribution in [2.24, 2.45) is 0 Å². The zero-order valence-electron chi connectivity index (χ0n) is 15.9. The fourth-order valence-electron chi connectivity index (χ4n) is 2.72. The molecule has 3 N–H and O–H groups in total. The van der Waals surface area contributed by atoms with Crippen molar-refractivity contribution in [2.45, 2.75) is 6.54 Å². The number of aromatic nitrogens is 1. The van der Waals surface area contributed by atoms with E-state index in [1.54, 1.807) is 54.7 Å². The summed E-state index contributed by atoms with van der Waals surface area (Å²) in [4.78, 5) is 28.5. The van der Waals surface area contributed by atoms with Crippen LogP contribution in [0.1, 0.15) is 21.5 Å². The molecule has 0 aliphatic carbocycles. The number of hydrogen-bond donors (Lipinski definition) is 3. The molecule has 0 radical (unpaired) electrons. The summed E-state index contributed by atoms with van der Waals surface area (Å²) in [5.41, 5.74) is 2.44. The van der Waals surface area contributed by atoms with E-state index in [1.807, 2.05) is 12.1 Å². The first-order chi connectivity index (χ1) is 14.6. The van der Waals surface area contributed by atoms with Crippen molar-refractivity contribution in [3.8, 4) is 6.07 Å². The number of hydrogen-bond acceptors (Lipinski definition) is 5. The second-order valence-electron chi connectivity index (χ2n) is 6.27. The van der Waals surface area contributed by atoms with Gasteiger partial charge in [-0.15, -0.1) is 0 Å². The quantitative estimate of drug-likeness (QED) is 0.542. The summed E-state index contributed by atoms with van der Waals surface area (Å²) in [6.45, 7) is 0.0921. The van der Waals surface area contributed by atoms with E-state index < -0.39 is 0 Å². The molecule has 7 nitrogen and oxygen atoms in total. The fraction of sp³-hybridized carbons (Fsp3) is 0.0909. The number of benzene rings is 2. The number of anilines is 2. The van der Waals surface area contributed by atoms with Crippen LogP contribution in [0.5, 0.6) is 0 Å². The van der Waals surface area contributed by atoms with Gasteiger partial charge in [-0.3, -0.25) is 14.6 Å². The van der Waals surface area contributed by atoms with Gasteiger partial charge in [0.25, 0.3) is 5.91 Å². The van der Waals surface area contributed by atoms with Gasteiger partial charge in [-0.05, 0) is 35.9 Å². The maximum absolute atomic E-state index is 12.3. The Kier molecular flexibility index (Phi) is 6.98. The minimum atomic E-state index is -0.305. The molecule has 0 bridgehead atoms. The Morgan fingerprint density at radius 2 is 1.87 bits per heavy atom. The van der Waals surface area contributed by atoms with Crippen LogP contribution in [-0.2, 0) is 11.3 Å². The summed E-state index contributed by atoms with van der Waals surface area (Å²) in [6.07, 6.45) is 3.14. The van der Waals surface area contributed by atoms with Crippen molar-refractivity contribution < 1.29 is 9.59 Å². The molecule has 0 fully saturated rings. The predicted octanol–water partition coefficient (Wildman–Crippen LogP) is 3.59. The lowest BCUT2D eigenvalue weighted by molar-refractivity contribution is -0.114. The Morgan fingerprint density at radius 1 is 1.07 bits per heavy atom. The number of nitrogens with zero attached hydrogens (tertiary/aromatic N) is 2. The third-order valence-corrected chi connectivity index (χ3v) is 4.59. The van der Waals surface area contributed by atoms with E-state index in [-0.39, 0.29) is 35.5 Å². The summed E-state index contributed by atoms with van der Waals surface area (Å²) in [7, 11) is 0. The first-order valence-corrected chi connectivity index (χ1v) is 9.44. The van der Waals surface area contributed by atoms with E-state index in [4.69, 9.17) is 11.6 Å². The van der Waals surface area contributed by atoms with Crippen molar-refractivity contribution in [2.75, 3.05) is 17.2 Å². The molecule has 0 unspecified atom stereocenters. The summed E-state index contributed by atoms with van der Waals surface area (Å²) in [6, 6.07) is 17.5. The first-order valence-electron chi connectivity index (χ1n) is 9.07. The van der Waals surface area contributed by atoms with E-state index in [9.17, 15) is 14.9 Å². The number of nitriles is 1. The highest BCUT2D eigenvalue weighted by molar-refractivity contribution is 6.34. The Hall–Kier alpha value is -3.89. The average Bonchev–Trinajstić information content (AvgIpc) is 2.78. The van der Waals surface area contributed by atoms with Crippen molar-refractivity contribution in [3.05, 3.63) is 88.7 Å². The minimum absolute atomic E-state index is 0.0802. The molecule has 0 saturated heterocycles. The van der Waals surface area contributed by atoms with Crippen molar-refractivity contribution >= 4 is 34.8 Å². The molecule has 8 heteroatoms. The Balaban J connectivity index is 1.71. The van der Waals surface area contributed by atoms with Gasteiger partial charge in [-0.2, -0.15) is 5.26 Å². The van der Waals surface area contributed by atoms with Gasteiger partial charge < -0.3 is 16.0 Å². The Bertz CT molecular complexity index is 1080. The second kappa shape index (κ2) is 10.0. The minimum Gasteiger partial charge on any atom is -0.375 e. The van der Waals surface area contributed by atoms with Gasteiger partial charge in [0, 0.05) is 18.3 Å². The van der Waals surface area contributed by atoms with Crippen LogP contribution in [0.15, 0.2) is 67.0 Å². The van der Waals surface area contributed by atoms with Crippen LogP contribution in [-0.4, -0.2) is 23.3 Å². The van der Waals surface area contributed by atoms with Crippen LogP contribution in [0.2, 0.25) is 5.02 Å². The van der Waals surface area contributed by atoms with Crippen molar-refractivity contribution in [1.29, 1.82) is 5.26 Å². The van der Waals surface area contributed by atoms with Gasteiger partial charge in [0.1, 0.15) is 6.07 Å². The van der Waals surface area contributed by atoms with Gasteiger partial charge in [0.15, 0.2) is 0 Å². The summed E-state index contributed by atoms with van der Waals surface area (Å²) < 4.78 is 0. The SMILES string of the molecule is N#Cc1ccc(CNC(=O)c2ccccc2)c(NCC(=O)Nc2cccnc2)c1Cl. The number of carbonyl (C=O) groups is 2. The topological polar surface area (TPSA) is 107 Å². The average molecular weight is 420 g/mol. The molecule has 2 amide bonds. The Morgan fingerprint density at radius 3 is 2.57 bits per heavy atom. The maximum Gasteiger partial charge on any atom is 0.251 e. The predicted molar refractivity (Wildman–Crippen MR) is 115 cm³/mol. The van der Waals surface area contributed by atoms with Gasteiger partial charge in [0.05, 0.1) is 34.7 Å². The molecule has 2 aromatic carbocycles. The smallest absolute Gasteiger partial charge is 0.251 e. The number of amides is 2. The highest BCUT2D eigenvalue weighted by Crippen LogP contribution is 2.29. The van der Waals surface area contributed by atoms with Gasteiger partial charge in [-0.25, -0.2) is 0 Å². The largest absolute Gasteiger partial charge is 0.375 e. The molecule has 0 saturated carbocycles. The van der Waals surface area contributed by atoms with Crippen LogP contribution >= 0.6 is 11.6 Å². The number of halogens is 1. The van der Waals surface area contributed by atoms with E-state index in [2.05, 4.69) is 20.9 Å². The Labute approximate surface area is 178 Å². The fourth-order valence-corrected chi connectivity index (χ4v) is 3.01. The van der Waals surface area contributed by atoms with Crippen LogP contribution in [0, 0.1) is 11.3 Å². The molecule has 30 heavy (non-hydrogen) atoms. The van der Waals surface area contributed by atoms with Crippen molar-refractivity contribution in [3.63, 3.8) is 0 Å². The zero-order chi connectivity index (χ0) is 21.3. The number of pyridine rings is 1. The van der Waals surface area contributed by atoms with Gasteiger partial charge >= 0.3 is 0 Å². The highest BCUT2D eigenvalue weighted by Gasteiger charge is 2.14. The summed E-state index contributed by atoms with van der Waals surface area (Å²) >= 11 is 6.35. The summed E-state index contributed by atoms with van der Waals surface area (Å²) in [5.74, 6) is -0.544. The van der Waals surface area contributed by atoms with Crippen molar-refractivity contribution in [1.82, 2.24) is 10.3 Å². The molecule has 150 valence electrons. The number of carbonyl (C=O) groups excluding carboxylic acids is 2. The van der Waals surface area contributed by atoms with E-state index in [0.717, 1.165) is 0 Å². The van der Waals surface area contributed by atoms with Gasteiger partial charge in [-0.1, -0.05) is 35.9 Å². The molecule has 0 atom stereocenters. The van der Waals surface area contributed by atoms with E-state index in [1.165, 1.54) is 6.20 Å². The summed E-state index contributed by atoms with van der Waals surface area (Å²) in [5, 5.41) is 17.9. The molecule has 0 spiro atoms. The third kappa shape index (κ3) is 5.34. The molecule has 0 aliphatic heterocycles. The van der Waals surface area contributed by atoms with E-state index >= 15 is 0 Å². The molecular formula is C22H18ClN5O2. The van der Waals surface area contributed by atoms with Crippen LogP contribution < -0.4 is 16.0 Å². The standard InChI is InChI=1S/C22H18ClN5O2/c23-20-16(11-24)8-9-17(12-27-22(30)15-5-2-1-3-6-15)21(20)26-14-19(29)28-18-7-4-10-25-13-18/h1-10,13,26H,12,14H2,(H,27,30)(H,28,29). The van der Waals surface area contributed by atoms with Gasteiger partial charge in [0.2, 0.25) is 5.91 Å². The third-order valence-electron chi connectivity index (χ3n) is 4.20. The highest BCUT2D eigenvalue weighted by atomic mass is 35.5. The number of nitrogens with one attached hydrogen (secondary N) is 3. The molecule has 3 aromatic rings. The van der Waals surface area contributed by atoms with Crippen LogP contribution in [0.3, 0.4) is 0 Å². The zero-order valence-corrected chi connectivity index (χ0v) is 16.6.